The number of aliphatic carboxylic acids is 1. The maximum Gasteiger partial charge on any atom is 0.319 e. The second kappa shape index (κ2) is 13.1. The van der Waals surface area contributed by atoms with E-state index in [9.17, 15) is 19.5 Å². The molecule has 1 heterocycles. The number of anilines is 2. The van der Waals surface area contributed by atoms with Crippen molar-refractivity contribution < 1.29 is 19.5 Å². The quantitative estimate of drug-likeness (QED) is 0.189. The number of aromatic nitrogens is 1. The van der Waals surface area contributed by atoms with Crippen molar-refractivity contribution >= 4 is 41.0 Å². The van der Waals surface area contributed by atoms with Crippen molar-refractivity contribution in [1.29, 1.82) is 0 Å². The summed E-state index contributed by atoms with van der Waals surface area (Å²) in [5, 5.41) is 17.4. The zero-order valence-corrected chi connectivity index (χ0v) is 21.2. The van der Waals surface area contributed by atoms with Crippen LogP contribution in [0.5, 0.6) is 0 Å². The lowest BCUT2D eigenvalue weighted by Gasteiger charge is -2.15. The molecule has 8 nitrogen and oxygen atoms in total. The van der Waals surface area contributed by atoms with Gasteiger partial charge in [-0.2, -0.15) is 0 Å². The molecule has 4 rings (SSSR count). The van der Waals surface area contributed by atoms with Crippen LogP contribution in [-0.2, 0) is 11.3 Å². The molecule has 0 radical (unpaired) electrons. The van der Waals surface area contributed by atoms with Crippen molar-refractivity contribution in [3.05, 3.63) is 120 Å². The highest BCUT2D eigenvalue weighted by atomic mass is 32.2. The van der Waals surface area contributed by atoms with Crippen molar-refractivity contribution in [3.63, 3.8) is 0 Å². The molecular formula is C29H26N4O4S. The van der Waals surface area contributed by atoms with Crippen LogP contribution in [0.25, 0.3) is 0 Å². The molecule has 0 aliphatic carbocycles. The SMILES string of the molecule is O=C(O)CC(Sc1cccc(NC(=O)c2cccc(NC(=O)NCc3ccccc3)c2)c1)c1cccnc1. The predicted molar refractivity (Wildman–Crippen MR) is 148 cm³/mol. The molecule has 0 spiro atoms. The molecule has 0 saturated carbocycles. The normalized spacial score (nSPS) is 11.3. The highest BCUT2D eigenvalue weighted by molar-refractivity contribution is 7.99. The van der Waals surface area contributed by atoms with Gasteiger partial charge in [-0.15, -0.1) is 11.8 Å². The van der Waals surface area contributed by atoms with Gasteiger partial charge in [0.1, 0.15) is 0 Å². The Bertz CT molecular complexity index is 1400. The lowest BCUT2D eigenvalue weighted by molar-refractivity contribution is -0.137. The number of hydrogen-bond donors (Lipinski definition) is 4. The molecule has 0 saturated heterocycles. The fourth-order valence-electron chi connectivity index (χ4n) is 3.66. The maximum absolute atomic E-state index is 12.9. The molecule has 1 unspecified atom stereocenters. The van der Waals surface area contributed by atoms with Crippen molar-refractivity contribution in [2.24, 2.45) is 0 Å². The minimum absolute atomic E-state index is 0.0638. The number of hydrogen-bond acceptors (Lipinski definition) is 5. The smallest absolute Gasteiger partial charge is 0.319 e. The van der Waals surface area contributed by atoms with Crippen LogP contribution in [0, 0.1) is 0 Å². The number of amides is 3. The van der Waals surface area contributed by atoms with Crippen LogP contribution < -0.4 is 16.0 Å². The Kier molecular flexibility index (Phi) is 9.09. The molecule has 4 aromatic rings. The van der Waals surface area contributed by atoms with Gasteiger partial charge in [-0.25, -0.2) is 4.79 Å². The average molecular weight is 527 g/mol. The Hall–Kier alpha value is -4.63. The van der Waals surface area contributed by atoms with Gasteiger partial charge in [0.25, 0.3) is 5.91 Å². The Morgan fingerprint density at radius 2 is 1.61 bits per heavy atom. The minimum Gasteiger partial charge on any atom is -0.481 e. The fourth-order valence-corrected chi connectivity index (χ4v) is 4.84. The van der Waals surface area contributed by atoms with Crippen LogP contribution >= 0.6 is 11.8 Å². The number of rotatable bonds is 10. The molecule has 1 atom stereocenters. The molecule has 0 fully saturated rings. The van der Waals surface area contributed by atoms with Crippen LogP contribution in [0.1, 0.15) is 33.2 Å². The predicted octanol–water partition coefficient (Wildman–Crippen LogP) is 5.96. The van der Waals surface area contributed by atoms with E-state index in [0.717, 1.165) is 16.0 Å². The summed E-state index contributed by atoms with van der Waals surface area (Å²) in [5.41, 5.74) is 3.22. The standard InChI is InChI=1S/C29H26N4O4S/c34-27(35)17-26(22-10-6-14-30-19-22)38-25-13-5-12-24(16-25)32-28(36)21-9-4-11-23(15-21)33-29(37)31-18-20-7-2-1-3-8-20/h1-16,19,26H,17-18H2,(H,32,36)(H,34,35)(H2,31,33,37). The Labute approximate surface area is 224 Å². The van der Waals surface area contributed by atoms with Crippen LogP contribution in [0.2, 0.25) is 0 Å². The number of carboxylic acids is 1. The van der Waals surface area contributed by atoms with E-state index in [1.807, 2.05) is 42.5 Å². The highest BCUT2D eigenvalue weighted by Gasteiger charge is 2.18. The third-order valence-electron chi connectivity index (χ3n) is 5.46. The van der Waals surface area contributed by atoms with Crippen LogP contribution in [0.4, 0.5) is 16.2 Å². The van der Waals surface area contributed by atoms with Crippen molar-refractivity contribution in [1.82, 2.24) is 10.3 Å². The number of carboxylic acid groups (broad SMARTS) is 1. The highest BCUT2D eigenvalue weighted by Crippen LogP contribution is 2.38. The fraction of sp³-hybridized carbons (Fsp3) is 0.103. The van der Waals surface area contributed by atoms with E-state index in [4.69, 9.17) is 0 Å². The minimum atomic E-state index is -0.905. The molecule has 4 N–H and O–H groups in total. The van der Waals surface area contributed by atoms with E-state index in [1.54, 1.807) is 60.9 Å². The van der Waals surface area contributed by atoms with E-state index < -0.39 is 5.97 Å². The number of urea groups is 1. The molecule has 0 aliphatic rings. The summed E-state index contributed by atoms with van der Waals surface area (Å²) < 4.78 is 0. The first-order chi connectivity index (χ1) is 18.5. The Balaban J connectivity index is 1.38. The lowest BCUT2D eigenvalue weighted by Crippen LogP contribution is -2.28. The Morgan fingerprint density at radius 1 is 0.842 bits per heavy atom. The zero-order chi connectivity index (χ0) is 26.7. The number of benzene rings is 3. The maximum atomic E-state index is 12.9. The summed E-state index contributed by atoms with van der Waals surface area (Å²) in [4.78, 5) is 41.5. The van der Waals surface area contributed by atoms with Gasteiger partial charge in [0, 0.05) is 46.0 Å². The molecule has 3 amide bonds. The molecule has 1 aromatic heterocycles. The van der Waals surface area contributed by atoms with Gasteiger partial charge >= 0.3 is 12.0 Å². The van der Waals surface area contributed by atoms with Gasteiger partial charge in [0.2, 0.25) is 0 Å². The average Bonchev–Trinajstić information content (AvgIpc) is 2.93. The van der Waals surface area contributed by atoms with Gasteiger partial charge in [0.15, 0.2) is 0 Å². The van der Waals surface area contributed by atoms with Crippen LogP contribution in [0.3, 0.4) is 0 Å². The van der Waals surface area contributed by atoms with Gasteiger partial charge in [-0.05, 0) is 53.6 Å². The number of nitrogens with zero attached hydrogens (tertiary/aromatic N) is 1. The lowest BCUT2D eigenvalue weighted by atomic mass is 10.1. The molecule has 0 bridgehead atoms. The Morgan fingerprint density at radius 3 is 2.34 bits per heavy atom. The van der Waals surface area contributed by atoms with Crippen LogP contribution in [0.15, 0.2) is 108 Å². The van der Waals surface area contributed by atoms with Gasteiger partial charge in [-0.3, -0.25) is 14.6 Å². The first-order valence-corrected chi connectivity index (χ1v) is 12.7. The zero-order valence-electron chi connectivity index (χ0n) is 20.3. The van der Waals surface area contributed by atoms with E-state index in [1.165, 1.54) is 11.8 Å². The van der Waals surface area contributed by atoms with Crippen molar-refractivity contribution in [3.8, 4) is 0 Å². The van der Waals surface area contributed by atoms with E-state index in [2.05, 4.69) is 20.9 Å². The number of pyridine rings is 1. The third kappa shape index (κ3) is 7.94. The second-order valence-corrected chi connectivity index (χ2v) is 9.62. The first kappa shape index (κ1) is 26.4. The molecule has 38 heavy (non-hydrogen) atoms. The van der Waals surface area contributed by atoms with Gasteiger partial charge in [-0.1, -0.05) is 48.5 Å². The number of carbonyl (C=O) groups is 3. The third-order valence-corrected chi connectivity index (χ3v) is 6.71. The second-order valence-electron chi connectivity index (χ2n) is 8.35. The summed E-state index contributed by atoms with van der Waals surface area (Å²) in [6.07, 6.45) is 3.24. The summed E-state index contributed by atoms with van der Waals surface area (Å²) in [6, 6.07) is 26.7. The molecular weight excluding hydrogens is 500 g/mol. The monoisotopic (exact) mass is 526 g/mol. The summed E-state index contributed by atoms with van der Waals surface area (Å²) in [6.45, 7) is 0.384. The topological polar surface area (TPSA) is 120 Å². The number of thioether (sulfide) groups is 1. The van der Waals surface area contributed by atoms with Gasteiger partial charge in [0.05, 0.1) is 6.42 Å². The molecule has 192 valence electrons. The van der Waals surface area contributed by atoms with Gasteiger partial charge < -0.3 is 21.1 Å². The molecule has 9 heteroatoms. The summed E-state index contributed by atoms with van der Waals surface area (Å²) in [7, 11) is 0. The van der Waals surface area contributed by atoms with Crippen molar-refractivity contribution in [2.75, 3.05) is 10.6 Å². The van der Waals surface area contributed by atoms with E-state index >= 15 is 0 Å². The van der Waals surface area contributed by atoms with Crippen molar-refractivity contribution in [2.45, 2.75) is 23.1 Å². The number of carbonyl (C=O) groups excluding carboxylic acids is 2. The van der Waals surface area contributed by atoms with E-state index in [-0.39, 0.29) is 23.6 Å². The molecule has 3 aromatic carbocycles. The largest absolute Gasteiger partial charge is 0.481 e. The summed E-state index contributed by atoms with van der Waals surface area (Å²) >= 11 is 1.39. The van der Waals surface area contributed by atoms with E-state index in [0.29, 0.717) is 23.5 Å². The van der Waals surface area contributed by atoms with Crippen LogP contribution in [-0.4, -0.2) is 28.0 Å². The first-order valence-electron chi connectivity index (χ1n) is 11.8. The molecule has 0 aliphatic heterocycles. The number of nitrogens with one attached hydrogen (secondary N) is 3. The summed E-state index contributed by atoms with van der Waals surface area (Å²) in [5.74, 6) is -1.24.